The number of carbonyl (C=O) groups excluding carboxylic acids is 1. The monoisotopic (exact) mass is 255 g/mol. The lowest BCUT2D eigenvalue weighted by Crippen LogP contribution is -2.36. The number of hydrogen-bond donors (Lipinski definition) is 2. The van der Waals surface area contributed by atoms with Crippen LogP contribution in [0, 0.1) is 0 Å². The third-order valence-electron chi connectivity index (χ3n) is 2.37. The van der Waals surface area contributed by atoms with Crippen LogP contribution in [0.4, 0.5) is 10.6 Å². The van der Waals surface area contributed by atoms with Crippen LogP contribution in [0.25, 0.3) is 0 Å². The minimum Gasteiger partial charge on any atom is -0.392 e. The number of urea groups is 1. The molecule has 0 radical (unpaired) electrons. The summed E-state index contributed by atoms with van der Waals surface area (Å²) in [7, 11) is 1.60. The van der Waals surface area contributed by atoms with Crippen molar-refractivity contribution < 1.29 is 14.4 Å². The van der Waals surface area contributed by atoms with Crippen molar-refractivity contribution in [3.63, 3.8) is 0 Å². The molecular weight excluding hydrogens is 234 g/mol. The van der Waals surface area contributed by atoms with E-state index in [1.54, 1.807) is 20.0 Å². The predicted octanol–water partition coefficient (Wildman–Crippen LogP) is 1.82. The molecule has 0 bridgehead atoms. The maximum absolute atomic E-state index is 11.7. The van der Waals surface area contributed by atoms with Gasteiger partial charge in [0.25, 0.3) is 0 Å². The third kappa shape index (κ3) is 4.03. The first-order chi connectivity index (χ1) is 8.20. The first-order valence-corrected chi connectivity index (χ1v) is 5.87. The molecule has 2 amide bonds. The van der Waals surface area contributed by atoms with E-state index in [1.807, 2.05) is 20.8 Å². The summed E-state index contributed by atoms with van der Waals surface area (Å²) in [6, 6.07) is 1.37. The Morgan fingerprint density at radius 3 is 2.67 bits per heavy atom. The van der Waals surface area contributed by atoms with Gasteiger partial charge in [-0.3, -0.25) is 5.32 Å². The van der Waals surface area contributed by atoms with Crippen LogP contribution in [-0.4, -0.2) is 40.9 Å². The van der Waals surface area contributed by atoms with Gasteiger partial charge >= 0.3 is 6.03 Å². The van der Waals surface area contributed by atoms with E-state index in [0.29, 0.717) is 11.6 Å². The van der Waals surface area contributed by atoms with Crippen molar-refractivity contribution in [3.8, 4) is 0 Å². The highest BCUT2D eigenvalue weighted by Gasteiger charge is 2.21. The molecule has 0 spiro atoms. The van der Waals surface area contributed by atoms with Crippen molar-refractivity contribution in [1.29, 1.82) is 0 Å². The van der Waals surface area contributed by atoms with Crippen molar-refractivity contribution in [1.82, 2.24) is 10.1 Å². The van der Waals surface area contributed by atoms with Crippen LogP contribution in [0.5, 0.6) is 0 Å². The Morgan fingerprint density at radius 1 is 1.61 bits per heavy atom. The molecule has 1 atom stereocenters. The van der Waals surface area contributed by atoms with Gasteiger partial charge in [-0.2, -0.15) is 0 Å². The summed E-state index contributed by atoms with van der Waals surface area (Å²) in [5.41, 5.74) is -0.151. The van der Waals surface area contributed by atoms with Gasteiger partial charge in [-0.05, 0) is 6.92 Å². The number of carbonyl (C=O) groups is 1. The molecule has 18 heavy (non-hydrogen) atoms. The maximum atomic E-state index is 11.7. The summed E-state index contributed by atoms with van der Waals surface area (Å²) < 4.78 is 5.16. The molecule has 6 nitrogen and oxygen atoms in total. The van der Waals surface area contributed by atoms with Crippen molar-refractivity contribution in [2.24, 2.45) is 0 Å². The van der Waals surface area contributed by atoms with Crippen LogP contribution in [-0.2, 0) is 5.41 Å². The molecule has 0 fully saturated rings. The van der Waals surface area contributed by atoms with Crippen molar-refractivity contribution in [3.05, 3.63) is 11.8 Å². The average molecular weight is 255 g/mol. The standard InChI is InChI=1S/C12H21N3O3/c1-8(16)7-15(5)11(17)13-10-6-9(18-14-10)12(2,3)4/h6,8,16H,7H2,1-5H3,(H,13,14,17). The smallest absolute Gasteiger partial charge is 0.322 e. The highest BCUT2D eigenvalue weighted by atomic mass is 16.5. The summed E-state index contributed by atoms with van der Waals surface area (Å²) >= 11 is 0. The molecule has 6 heteroatoms. The molecular formula is C12H21N3O3. The number of amides is 2. The number of likely N-dealkylation sites (N-methyl/N-ethyl adjacent to an activating group) is 1. The number of nitrogens with zero attached hydrogens (tertiary/aromatic N) is 2. The summed E-state index contributed by atoms with van der Waals surface area (Å²) in [5, 5.41) is 15.6. The van der Waals surface area contributed by atoms with Crippen LogP contribution in [0.1, 0.15) is 33.5 Å². The first-order valence-electron chi connectivity index (χ1n) is 5.87. The topological polar surface area (TPSA) is 78.6 Å². The molecule has 1 heterocycles. The second kappa shape index (κ2) is 5.39. The lowest BCUT2D eigenvalue weighted by Gasteiger charge is -2.18. The fourth-order valence-electron chi connectivity index (χ4n) is 1.37. The molecule has 1 rings (SSSR count). The SMILES string of the molecule is CC(O)CN(C)C(=O)Nc1cc(C(C)(C)C)on1. The summed E-state index contributed by atoms with van der Waals surface area (Å²) in [5.74, 6) is 1.08. The van der Waals surface area contributed by atoms with E-state index in [-0.39, 0.29) is 18.0 Å². The fourth-order valence-corrected chi connectivity index (χ4v) is 1.37. The van der Waals surface area contributed by atoms with Crippen LogP contribution in [0.2, 0.25) is 0 Å². The number of aliphatic hydroxyl groups is 1. The van der Waals surface area contributed by atoms with Gasteiger partial charge in [0.15, 0.2) is 5.82 Å². The van der Waals surface area contributed by atoms with E-state index in [4.69, 9.17) is 4.52 Å². The van der Waals surface area contributed by atoms with E-state index in [0.717, 1.165) is 0 Å². The van der Waals surface area contributed by atoms with E-state index in [2.05, 4.69) is 10.5 Å². The average Bonchev–Trinajstić information content (AvgIpc) is 2.64. The summed E-state index contributed by atoms with van der Waals surface area (Å²) in [6.45, 7) is 7.88. The quantitative estimate of drug-likeness (QED) is 0.863. The predicted molar refractivity (Wildman–Crippen MR) is 68.5 cm³/mol. The molecule has 1 unspecified atom stereocenters. The maximum Gasteiger partial charge on any atom is 0.322 e. The number of rotatable bonds is 3. The van der Waals surface area contributed by atoms with E-state index in [9.17, 15) is 9.90 Å². The van der Waals surface area contributed by atoms with Gasteiger partial charge in [0, 0.05) is 25.1 Å². The number of anilines is 1. The van der Waals surface area contributed by atoms with Crippen LogP contribution in [0.3, 0.4) is 0 Å². The van der Waals surface area contributed by atoms with E-state index < -0.39 is 6.10 Å². The van der Waals surface area contributed by atoms with Crippen molar-refractivity contribution in [2.75, 3.05) is 18.9 Å². The Balaban J connectivity index is 2.63. The van der Waals surface area contributed by atoms with Gasteiger partial charge in [0.2, 0.25) is 0 Å². The zero-order chi connectivity index (χ0) is 13.9. The number of nitrogens with one attached hydrogen (secondary N) is 1. The van der Waals surface area contributed by atoms with Gasteiger partial charge in [-0.15, -0.1) is 0 Å². The molecule has 0 saturated heterocycles. The molecule has 0 aliphatic rings. The van der Waals surface area contributed by atoms with Crippen molar-refractivity contribution >= 4 is 11.8 Å². The zero-order valence-corrected chi connectivity index (χ0v) is 11.5. The van der Waals surface area contributed by atoms with E-state index >= 15 is 0 Å². The minimum absolute atomic E-state index is 0.151. The van der Waals surface area contributed by atoms with Crippen LogP contribution in [0.15, 0.2) is 10.6 Å². The summed E-state index contributed by atoms with van der Waals surface area (Å²) in [4.78, 5) is 13.1. The van der Waals surface area contributed by atoms with Gasteiger partial charge in [0.1, 0.15) is 5.76 Å². The van der Waals surface area contributed by atoms with Gasteiger partial charge in [0.05, 0.1) is 6.10 Å². The molecule has 0 aliphatic heterocycles. The molecule has 2 N–H and O–H groups in total. The largest absolute Gasteiger partial charge is 0.392 e. The fraction of sp³-hybridized carbons (Fsp3) is 0.667. The Bertz CT molecular complexity index is 407. The summed E-state index contributed by atoms with van der Waals surface area (Å²) in [6.07, 6.45) is -0.566. The Morgan fingerprint density at radius 2 is 2.22 bits per heavy atom. The lowest BCUT2D eigenvalue weighted by molar-refractivity contribution is 0.149. The van der Waals surface area contributed by atoms with Crippen LogP contribution >= 0.6 is 0 Å². The number of hydrogen-bond acceptors (Lipinski definition) is 4. The highest BCUT2D eigenvalue weighted by Crippen LogP contribution is 2.24. The van der Waals surface area contributed by atoms with E-state index in [1.165, 1.54) is 4.90 Å². The minimum atomic E-state index is -0.566. The molecule has 0 saturated carbocycles. The molecule has 0 aromatic carbocycles. The lowest BCUT2D eigenvalue weighted by atomic mass is 9.93. The molecule has 0 aliphatic carbocycles. The van der Waals surface area contributed by atoms with Gasteiger partial charge < -0.3 is 14.5 Å². The normalized spacial score (nSPS) is 13.2. The first kappa shape index (κ1) is 14.5. The third-order valence-corrected chi connectivity index (χ3v) is 2.37. The van der Waals surface area contributed by atoms with Crippen LogP contribution < -0.4 is 5.32 Å². The van der Waals surface area contributed by atoms with Gasteiger partial charge in [-0.25, -0.2) is 4.79 Å². The zero-order valence-electron chi connectivity index (χ0n) is 11.5. The highest BCUT2D eigenvalue weighted by molar-refractivity contribution is 5.88. The van der Waals surface area contributed by atoms with Gasteiger partial charge in [-0.1, -0.05) is 25.9 Å². The molecule has 1 aromatic heterocycles. The molecule has 102 valence electrons. The van der Waals surface area contributed by atoms with Crippen molar-refractivity contribution in [2.45, 2.75) is 39.2 Å². The second-order valence-corrected chi connectivity index (χ2v) is 5.49. The second-order valence-electron chi connectivity index (χ2n) is 5.49. The number of aromatic nitrogens is 1. The molecule has 1 aromatic rings. The number of aliphatic hydroxyl groups excluding tert-OH is 1. The Hall–Kier alpha value is -1.56. The Kier molecular flexibility index (Phi) is 4.34. The Labute approximate surface area is 107 Å².